The Balaban J connectivity index is 0.00000306. The van der Waals surface area contributed by atoms with E-state index in [2.05, 4.69) is 34.6 Å². The van der Waals surface area contributed by atoms with Gasteiger partial charge in [-0.15, -0.1) is 0 Å². The molecule has 0 aliphatic carbocycles. The Labute approximate surface area is 196 Å². The number of amides is 2. The van der Waals surface area contributed by atoms with Gasteiger partial charge in [-0.1, -0.05) is 43.3 Å². The number of aryl methyl sites for hydroxylation is 2. The number of hydrogen-bond acceptors (Lipinski definition) is 3. The van der Waals surface area contributed by atoms with Gasteiger partial charge in [0, 0.05) is 36.1 Å². The molecule has 0 radical (unpaired) electrons. The molecule has 2 aromatic carbocycles. The number of carbonyl (C=O) groups excluding carboxylic acids is 2. The van der Waals surface area contributed by atoms with Gasteiger partial charge in [0.1, 0.15) is 0 Å². The second-order valence-corrected chi connectivity index (χ2v) is 8.57. The van der Waals surface area contributed by atoms with E-state index in [4.69, 9.17) is 0 Å². The van der Waals surface area contributed by atoms with Gasteiger partial charge < -0.3 is 10.2 Å². The van der Waals surface area contributed by atoms with Crippen molar-refractivity contribution in [1.29, 1.82) is 0 Å². The highest BCUT2D eigenvalue weighted by Gasteiger charge is 2.22. The van der Waals surface area contributed by atoms with Gasteiger partial charge in [0.05, 0.1) is 6.04 Å². The second-order valence-electron chi connectivity index (χ2n) is 8.57. The molecule has 1 saturated heterocycles. The van der Waals surface area contributed by atoms with Crippen LogP contribution in [-0.2, 0) is 4.79 Å². The van der Waals surface area contributed by atoms with Crippen molar-refractivity contribution in [2.45, 2.75) is 53.5 Å². The number of carbonyl (C=O) groups is 2. The first-order chi connectivity index (χ1) is 15.4. The first-order valence-electron chi connectivity index (χ1n) is 11.2. The predicted octanol–water partition coefficient (Wildman–Crippen LogP) is 6.01. The SMILES string of the molecule is C.Cc1ccc(-c2cc(C(=O)N[C@H](C)c3ccc(C)nc3)cc(N3CCCCC3=O)c2)cc1. The fourth-order valence-corrected chi connectivity index (χ4v) is 3.99. The van der Waals surface area contributed by atoms with E-state index < -0.39 is 0 Å². The Kier molecular flexibility index (Phi) is 7.64. The van der Waals surface area contributed by atoms with E-state index >= 15 is 0 Å². The van der Waals surface area contributed by atoms with E-state index in [1.807, 2.05) is 56.0 Å². The molecule has 5 nitrogen and oxygen atoms in total. The summed E-state index contributed by atoms with van der Waals surface area (Å²) in [5.41, 5.74) is 6.34. The molecule has 0 unspecified atom stereocenters. The molecule has 0 bridgehead atoms. The molecule has 2 amide bonds. The summed E-state index contributed by atoms with van der Waals surface area (Å²) in [6.07, 6.45) is 4.23. The Bertz CT molecular complexity index is 1120. The Morgan fingerprint density at radius 3 is 2.42 bits per heavy atom. The standard InChI is InChI=1S/C27H29N3O2.CH4/c1-18-7-10-21(11-8-18)23-14-24(16-25(15-23)30-13-5-4-6-26(30)31)27(32)29-20(3)22-12-9-19(2)28-17-22;/h7-12,14-17,20H,4-6,13H2,1-3H3,(H,29,32);1H4/t20-;/m1./s1. The highest BCUT2D eigenvalue weighted by Crippen LogP contribution is 2.30. The number of anilines is 1. The first kappa shape index (κ1) is 24.2. The van der Waals surface area contributed by atoms with E-state index in [9.17, 15) is 9.59 Å². The van der Waals surface area contributed by atoms with Crippen LogP contribution < -0.4 is 10.2 Å². The van der Waals surface area contributed by atoms with Gasteiger partial charge in [-0.05, 0) is 74.6 Å². The maximum Gasteiger partial charge on any atom is 0.251 e. The third-order valence-corrected chi connectivity index (χ3v) is 5.98. The Hall–Kier alpha value is -3.47. The monoisotopic (exact) mass is 443 g/mol. The van der Waals surface area contributed by atoms with Gasteiger partial charge in [0.2, 0.25) is 5.91 Å². The number of rotatable bonds is 5. The Morgan fingerprint density at radius 2 is 1.76 bits per heavy atom. The molecule has 1 N–H and O–H groups in total. The molecule has 1 fully saturated rings. The largest absolute Gasteiger partial charge is 0.345 e. The summed E-state index contributed by atoms with van der Waals surface area (Å²) in [6, 6.07) is 17.7. The maximum absolute atomic E-state index is 13.2. The lowest BCUT2D eigenvalue weighted by atomic mass is 9.99. The van der Waals surface area contributed by atoms with Gasteiger partial charge >= 0.3 is 0 Å². The fraction of sp³-hybridized carbons (Fsp3) is 0.321. The van der Waals surface area contributed by atoms with Crippen LogP contribution in [0.15, 0.2) is 60.8 Å². The Morgan fingerprint density at radius 1 is 1.00 bits per heavy atom. The third kappa shape index (κ3) is 5.67. The van der Waals surface area contributed by atoms with E-state index in [0.717, 1.165) is 40.9 Å². The molecule has 5 heteroatoms. The minimum absolute atomic E-state index is 0. The average Bonchev–Trinajstić information content (AvgIpc) is 2.80. The zero-order chi connectivity index (χ0) is 22.7. The molecule has 2 heterocycles. The average molecular weight is 444 g/mol. The van der Waals surface area contributed by atoms with Crippen LogP contribution in [0.1, 0.15) is 66.8 Å². The molecule has 1 aromatic heterocycles. The molecule has 0 spiro atoms. The number of nitrogens with zero attached hydrogens (tertiary/aromatic N) is 2. The van der Waals surface area contributed by atoms with E-state index in [1.165, 1.54) is 5.56 Å². The van der Waals surface area contributed by atoms with Gasteiger partial charge in [0.25, 0.3) is 5.91 Å². The minimum atomic E-state index is -0.182. The van der Waals surface area contributed by atoms with Crippen LogP contribution in [-0.4, -0.2) is 23.3 Å². The van der Waals surface area contributed by atoms with Crippen LogP contribution in [0.2, 0.25) is 0 Å². The van der Waals surface area contributed by atoms with Crippen LogP contribution in [0.3, 0.4) is 0 Å². The summed E-state index contributed by atoms with van der Waals surface area (Å²) in [4.78, 5) is 31.9. The van der Waals surface area contributed by atoms with Crippen molar-refractivity contribution < 1.29 is 9.59 Å². The zero-order valence-electron chi connectivity index (χ0n) is 18.9. The molecule has 33 heavy (non-hydrogen) atoms. The second kappa shape index (κ2) is 10.4. The number of nitrogens with one attached hydrogen (secondary N) is 1. The first-order valence-corrected chi connectivity index (χ1v) is 11.2. The van der Waals surface area contributed by atoms with Crippen LogP contribution in [0.4, 0.5) is 5.69 Å². The molecule has 172 valence electrons. The van der Waals surface area contributed by atoms with Crippen LogP contribution in [0.5, 0.6) is 0 Å². The number of piperidine rings is 1. The number of pyridine rings is 1. The summed E-state index contributed by atoms with van der Waals surface area (Å²) in [5, 5.41) is 3.08. The van der Waals surface area contributed by atoms with Crippen LogP contribution >= 0.6 is 0 Å². The fourth-order valence-electron chi connectivity index (χ4n) is 3.99. The summed E-state index contributed by atoms with van der Waals surface area (Å²) >= 11 is 0. The maximum atomic E-state index is 13.2. The summed E-state index contributed by atoms with van der Waals surface area (Å²) in [6.45, 7) is 6.62. The van der Waals surface area contributed by atoms with Crippen molar-refractivity contribution in [2.75, 3.05) is 11.4 Å². The summed E-state index contributed by atoms with van der Waals surface area (Å²) in [7, 11) is 0. The van der Waals surface area contributed by atoms with Gasteiger partial charge in [-0.3, -0.25) is 14.6 Å². The normalized spacial score (nSPS) is 14.4. The van der Waals surface area contributed by atoms with Crippen molar-refractivity contribution in [3.63, 3.8) is 0 Å². The number of benzene rings is 2. The number of aromatic nitrogens is 1. The molecule has 4 rings (SSSR count). The molecular formula is C28H33N3O2. The quantitative estimate of drug-likeness (QED) is 0.525. The smallest absolute Gasteiger partial charge is 0.251 e. The molecule has 1 aliphatic rings. The van der Waals surface area contributed by atoms with Crippen molar-refractivity contribution in [3.05, 3.63) is 83.2 Å². The van der Waals surface area contributed by atoms with Gasteiger partial charge in [-0.2, -0.15) is 0 Å². The molecule has 1 aliphatic heterocycles. The van der Waals surface area contributed by atoms with Crippen molar-refractivity contribution >= 4 is 17.5 Å². The van der Waals surface area contributed by atoms with Crippen LogP contribution in [0.25, 0.3) is 11.1 Å². The summed E-state index contributed by atoms with van der Waals surface area (Å²) in [5.74, 6) is -0.0551. The van der Waals surface area contributed by atoms with Crippen molar-refractivity contribution in [3.8, 4) is 11.1 Å². The topological polar surface area (TPSA) is 62.3 Å². The number of hydrogen-bond donors (Lipinski definition) is 1. The predicted molar refractivity (Wildman–Crippen MR) is 134 cm³/mol. The molecular weight excluding hydrogens is 410 g/mol. The molecule has 1 atom stereocenters. The lowest BCUT2D eigenvalue weighted by Crippen LogP contribution is -2.35. The van der Waals surface area contributed by atoms with E-state index in [0.29, 0.717) is 18.5 Å². The summed E-state index contributed by atoms with van der Waals surface area (Å²) < 4.78 is 0. The lowest BCUT2D eigenvalue weighted by Gasteiger charge is -2.28. The zero-order valence-corrected chi connectivity index (χ0v) is 18.9. The van der Waals surface area contributed by atoms with Gasteiger partial charge in [0.15, 0.2) is 0 Å². The van der Waals surface area contributed by atoms with E-state index in [-0.39, 0.29) is 25.3 Å². The van der Waals surface area contributed by atoms with Crippen LogP contribution in [0, 0.1) is 13.8 Å². The molecule has 0 saturated carbocycles. The molecule has 3 aromatic rings. The minimum Gasteiger partial charge on any atom is -0.345 e. The van der Waals surface area contributed by atoms with Crippen molar-refractivity contribution in [1.82, 2.24) is 10.3 Å². The van der Waals surface area contributed by atoms with Gasteiger partial charge in [-0.25, -0.2) is 0 Å². The van der Waals surface area contributed by atoms with E-state index in [1.54, 1.807) is 6.20 Å². The third-order valence-electron chi connectivity index (χ3n) is 5.98. The lowest BCUT2D eigenvalue weighted by molar-refractivity contribution is -0.119. The van der Waals surface area contributed by atoms with Crippen molar-refractivity contribution in [2.24, 2.45) is 0 Å². The highest BCUT2D eigenvalue weighted by molar-refractivity contribution is 6.00. The highest BCUT2D eigenvalue weighted by atomic mass is 16.2.